The molecule has 3 heteroatoms. The third-order valence-electron chi connectivity index (χ3n) is 3.98. The Morgan fingerprint density at radius 2 is 1.84 bits per heavy atom. The molecule has 106 valence electrons. The first-order chi connectivity index (χ1) is 8.79. The van der Waals surface area contributed by atoms with Crippen LogP contribution >= 0.6 is 0 Å². The topological polar surface area (TPSA) is 55.1 Å². The lowest BCUT2D eigenvalue weighted by Gasteiger charge is -2.21. The lowest BCUT2D eigenvalue weighted by atomic mass is 9.92. The standard InChI is InChI=1S/C16H26N2O/c1-11-6-7-14(13(3)12(11)2)8-9-18-15(19)16(4,5)10-17/h6-7H,8-10,17H2,1-5H3,(H,18,19). The predicted octanol–water partition coefficient (Wildman–Crippen LogP) is 2.26. The number of carbonyl (C=O) groups excluding carboxylic acids is 1. The number of nitrogens with two attached hydrogens (primary N) is 1. The number of amides is 1. The van der Waals surface area contributed by atoms with E-state index >= 15 is 0 Å². The summed E-state index contributed by atoms with van der Waals surface area (Å²) in [5.74, 6) is 0.0245. The van der Waals surface area contributed by atoms with Crippen molar-refractivity contribution < 1.29 is 4.79 Å². The number of nitrogens with one attached hydrogen (secondary N) is 1. The zero-order valence-electron chi connectivity index (χ0n) is 12.8. The van der Waals surface area contributed by atoms with Gasteiger partial charge in [-0.2, -0.15) is 0 Å². The van der Waals surface area contributed by atoms with Crippen LogP contribution in [0.1, 0.15) is 36.1 Å². The van der Waals surface area contributed by atoms with Gasteiger partial charge in [-0.15, -0.1) is 0 Å². The second-order valence-electron chi connectivity index (χ2n) is 5.89. The average Bonchev–Trinajstić information content (AvgIpc) is 2.38. The van der Waals surface area contributed by atoms with Gasteiger partial charge in [0.15, 0.2) is 0 Å². The summed E-state index contributed by atoms with van der Waals surface area (Å²) in [6.45, 7) is 11.2. The lowest BCUT2D eigenvalue weighted by Crippen LogP contribution is -2.42. The van der Waals surface area contributed by atoms with Crippen molar-refractivity contribution in [2.45, 2.75) is 41.0 Å². The van der Waals surface area contributed by atoms with Crippen molar-refractivity contribution in [3.63, 3.8) is 0 Å². The minimum Gasteiger partial charge on any atom is -0.355 e. The van der Waals surface area contributed by atoms with Gasteiger partial charge >= 0.3 is 0 Å². The Kier molecular flexibility index (Phi) is 5.12. The molecule has 0 spiro atoms. The van der Waals surface area contributed by atoms with Crippen LogP contribution in [0.3, 0.4) is 0 Å². The largest absolute Gasteiger partial charge is 0.355 e. The van der Waals surface area contributed by atoms with E-state index < -0.39 is 5.41 Å². The second-order valence-corrected chi connectivity index (χ2v) is 5.89. The molecule has 0 aliphatic rings. The fourth-order valence-corrected chi connectivity index (χ4v) is 1.93. The van der Waals surface area contributed by atoms with E-state index in [-0.39, 0.29) is 5.91 Å². The molecule has 3 N–H and O–H groups in total. The summed E-state index contributed by atoms with van der Waals surface area (Å²) in [6.07, 6.45) is 0.860. The second kappa shape index (κ2) is 6.20. The van der Waals surface area contributed by atoms with Crippen LogP contribution in [0, 0.1) is 26.2 Å². The fraction of sp³-hybridized carbons (Fsp3) is 0.562. The summed E-state index contributed by atoms with van der Waals surface area (Å²) in [6, 6.07) is 4.29. The maximum atomic E-state index is 11.9. The first-order valence-electron chi connectivity index (χ1n) is 6.83. The van der Waals surface area contributed by atoms with E-state index in [1.165, 1.54) is 22.3 Å². The Hall–Kier alpha value is -1.35. The molecule has 0 bridgehead atoms. The highest BCUT2D eigenvalue weighted by molar-refractivity contribution is 5.82. The SMILES string of the molecule is Cc1ccc(CCNC(=O)C(C)(C)CN)c(C)c1C. The van der Waals surface area contributed by atoms with Gasteiger partial charge in [0, 0.05) is 13.1 Å². The molecule has 0 saturated heterocycles. The normalized spacial score (nSPS) is 11.5. The Morgan fingerprint density at radius 3 is 2.42 bits per heavy atom. The van der Waals surface area contributed by atoms with E-state index in [1.807, 2.05) is 13.8 Å². The molecule has 1 rings (SSSR count). The third kappa shape index (κ3) is 3.80. The molecule has 0 aliphatic carbocycles. The molecule has 1 aromatic carbocycles. The maximum Gasteiger partial charge on any atom is 0.226 e. The Labute approximate surface area is 116 Å². The number of aryl methyl sites for hydroxylation is 1. The number of benzene rings is 1. The molecule has 0 aliphatic heterocycles. The number of hydrogen-bond acceptors (Lipinski definition) is 2. The van der Waals surface area contributed by atoms with Crippen LogP contribution in [0.15, 0.2) is 12.1 Å². The number of carbonyl (C=O) groups is 1. The molecule has 0 radical (unpaired) electrons. The Balaban J connectivity index is 2.60. The molecule has 1 aromatic rings. The number of rotatable bonds is 5. The van der Waals surface area contributed by atoms with Crippen LogP contribution in [-0.2, 0) is 11.2 Å². The minimum absolute atomic E-state index is 0.0245. The average molecular weight is 262 g/mol. The van der Waals surface area contributed by atoms with Gasteiger partial charge in [-0.1, -0.05) is 12.1 Å². The lowest BCUT2D eigenvalue weighted by molar-refractivity contribution is -0.128. The van der Waals surface area contributed by atoms with Crippen LogP contribution in [0.5, 0.6) is 0 Å². The highest BCUT2D eigenvalue weighted by Crippen LogP contribution is 2.17. The van der Waals surface area contributed by atoms with Gasteiger partial charge in [0.1, 0.15) is 0 Å². The third-order valence-corrected chi connectivity index (χ3v) is 3.98. The van der Waals surface area contributed by atoms with E-state index in [1.54, 1.807) is 0 Å². The molecule has 0 aromatic heterocycles. The van der Waals surface area contributed by atoms with Crippen molar-refractivity contribution in [3.8, 4) is 0 Å². The number of hydrogen-bond donors (Lipinski definition) is 2. The molecule has 19 heavy (non-hydrogen) atoms. The smallest absolute Gasteiger partial charge is 0.226 e. The first kappa shape index (κ1) is 15.7. The molecule has 0 fully saturated rings. The van der Waals surface area contributed by atoms with E-state index in [0.717, 1.165) is 6.42 Å². The molecular formula is C16H26N2O. The molecular weight excluding hydrogens is 236 g/mol. The maximum absolute atomic E-state index is 11.9. The summed E-state index contributed by atoms with van der Waals surface area (Å²) in [5.41, 5.74) is 10.4. The highest BCUT2D eigenvalue weighted by atomic mass is 16.2. The molecule has 0 saturated carbocycles. The summed E-state index contributed by atoms with van der Waals surface area (Å²) >= 11 is 0. The highest BCUT2D eigenvalue weighted by Gasteiger charge is 2.25. The van der Waals surface area contributed by atoms with Crippen molar-refractivity contribution in [1.29, 1.82) is 0 Å². The van der Waals surface area contributed by atoms with Gasteiger partial charge in [-0.3, -0.25) is 4.79 Å². The van der Waals surface area contributed by atoms with Crippen molar-refractivity contribution in [2.75, 3.05) is 13.1 Å². The van der Waals surface area contributed by atoms with Crippen molar-refractivity contribution in [3.05, 3.63) is 34.4 Å². The van der Waals surface area contributed by atoms with Crippen LogP contribution in [0.25, 0.3) is 0 Å². The zero-order chi connectivity index (χ0) is 14.6. The van der Waals surface area contributed by atoms with E-state index in [0.29, 0.717) is 13.1 Å². The van der Waals surface area contributed by atoms with E-state index in [2.05, 4.69) is 38.2 Å². The van der Waals surface area contributed by atoms with Gasteiger partial charge in [0.25, 0.3) is 0 Å². The zero-order valence-corrected chi connectivity index (χ0v) is 12.8. The van der Waals surface area contributed by atoms with Gasteiger partial charge in [-0.25, -0.2) is 0 Å². The summed E-state index contributed by atoms with van der Waals surface area (Å²) in [7, 11) is 0. The van der Waals surface area contributed by atoms with Gasteiger partial charge in [-0.05, 0) is 63.3 Å². The minimum atomic E-state index is -0.488. The van der Waals surface area contributed by atoms with E-state index in [4.69, 9.17) is 5.73 Å². The Morgan fingerprint density at radius 1 is 1.21 bits per heavy atom. The predicted molar refractivity (Wildman–Crippen MR) is 80.2 cm³/mol. The van der Waals surface area contributed by atoms with Crippen LogP contribution in [-0.4, -0.2) is 19.0 Å². The fourth-order valence-electron chi connectivity index (χ4n) is 1.93. The van der Waals surface area contributed by atoms with Gasteiger partial charge in [0.05, 0.1) is 5.41 Å². The quantitative estimate of drug-likeness (QED) is 0.855. The Bertz CT molecular complexity index is 464. The van der Waals surface area contributed by atoms with Gasteiger partial charge < -0.3 is 11.1 Å². The monoisotopic (exact) mass is 262 g/mol. The van der Waals surface area contributed by atoms with E-state index in [9.17, 15) is 4.79 Å². The van der Waals surface area contributed by atoms with Crippen molar-refractivity contribution in [2.24, 2.45) is 11.1 Å². The van der Waals surface area contributed by atoms with Crippen LogP contribution in [0.4, 0.5) is 0 Å². The summed E-state index contributed by atoms with van der Waals surface area (Å²) in [5, 5.41) is 2.96. The summed E-state index contributed by atoms with van der Waals surface area (Å²) in [4.78, 5) is 11.9. The van der Waals surface area contributed by atoms with Crippen molar-refractivity contribution >= 4 is 5.91 Å². The molecule has 3 nitrogen and oxygen atoms in total. The summed E-state index contributed by atoms with van der Waals surface area (Å²) < 4.78 is 0. The van der Waals surface area contributed by atoms with Crippen LogP contribution < -0.4 is 11.1 Å². The first-order valence-corrected chi connectivity index (χ1v) is 6.83. The van der Waals surface area contributed by atoms with Crippen molar-refractivity contribution in [1.82, 2.24) is 5.32 Å². The molecule has 0 unspecified atom stereocenters. The van der Waals surface area contributed by atoms with Crippen LogP contribution in [0.2, 0.25) is 0 Å². The molecule has 0 heterocycles. The van der Waals surface area contributed by atoms with Gasteiger partial charge in [0.2, 0.25) is 5.91 Å². The molecule has 0 atom stereocenters. The molecule has 1 amide bonds.